The Morgan fingerprint density at radius 1 is 1.29 bits per heavy atom. The summed E-state index contributed by atoms with van der Waals surface area (Å²) in [6, 6.07) is 2.78. The summed E-state index contributed by atoms with van der Waals surface area (Å²) < 4.78 is 69.0. The third-order valence-corrected chi connectivity index (χ3v) is 5.78. The lowest BCUT2D eigenvalue weighted by atomic mass is 10.2. The molecular formula is C17H20F3N3O4S. The van der Waals surface area contributed by atoms with Crippen molar-refractivity contribution >= 4 is 15.8 Å². The van der Waals surface area contributed by atoms with E-state index in [9.17, 15) is 26.4 Å². The van der Waals surface area contributed by atoms with Gasteiger partial charge in [0, 0.05) is 19.7 Å². The van der Waals surface area contributed by atoms with Crippen molar-refractivity contribution in [3.8, 4) is 11.5 Å². The predicted octanol–water partition coefficient (Wildman–Crippen LogP) is 2.95. The van der Waals surface area contributed by atoms with Gasteiger partial charge in [-0.05, 0) is 25.5 Å². The summed E-state index contributed by atoms with van der Waals surface area (Å²) in [6.45, 7) is 3.04. The molecule has 0 aromatic carbocycles. The number of halogens is 3. The van der Waals surface area contributed by atoms with Crippen LogP contribution in [0.15, 0.2) is 23.2 Å². The molecule has 0 N–H and O–H groups in total. The van der Waals surface area contributed by atoms with Crippen molar-refractivity contribution < 1.29 is 31.1 Å². The molecule has 0 aliphatic heterocycles. The maximum Gasteiger partial charge on any atom is 0.389 e. The minimum absolute atomic E-state index is 0.00345. The van der Waals surface area contributed by atoms with Crippen LogP contribution in [0.4, 0.5) is 13.2 Å². The molecule has 2 heterocycles. The molecule has 0 amide bonds. The molecule has 0 spiro atoms. The Bertz CT molecular complexity index is 969. The molecule has 2 aromatic heterocycles. The number of imidazole rings is 1. The van der Waals surface area contributed by atoms with Gasteiger partial charge in [-0.15, -0.1) is 0 Å². The lowest BCUT2D eigenvalue weighted by Gasteiger charge is -2.11. The monoisotopic (exact) mass is 419 g/mol. The van der Waals surface area contributed by atoms with Crippen LogP contribution < -0.4 is 0 Å². The number of sulfone groups is 1. The quantitative estimate of drug-likeness (QED) is 0.641. The summed E-state index contributed by atoms with van der Waals surface area (Å²) >= 11 is 0. The lowest BCUT2D eigenvalue weighted by molar-refractivity contribution is -0.134. The largest absolute Gasteiger partial charge is 0.461 e. The smallest absolute Gasteiger partial charge is 0.389 e. The molecule has 0 atom stereocenters. The third-order valence-electron chi connectivity index (χ3n) is 4.03. The molecule has 2 rings (SSSR count). The van der Waals surface area contributed by atoms with Crippen LogP contribution in [0.25, 0.3) is 11.5 Å². The van der Waals surface area contributed by atoms with Crippen LogP contribution in [0.2, 0.25) is 0 Å². The van der Waals surface area contributed by atoms with Gasteiger partial charge in [-0.25, -0.2) is 18.2 Å². The van der Waals surface area contributed by atoms with Gasteiger partial charge in [0.2, 0.25) is 0 Å². The second-order valence-electron chi connectivity index (χ2n) is 5.88. The van der Waals surface area contributed by atoms with E-state index in [1.165, 1.54) is 36.9 Å². The first kappa shape index (κ1) is 21.9. The zero-order valence-corrected chi connectivity index (χ0v) is 16.4. The van der Waals surface area contributed by atoms with Crippen molar-refractivity contribution in [3.63, 3.8) is 0 Å². The second kappa shape index (κ2) is 8.29. The van der Waals surface area contributed by atoms with Gasteiger partial charge in [0.15, 0.2) is 21.4 Å². The molecule has 0 aliphatic carbocycles. The fourth-order valence-corrected chi connectivity index (χ4v) is 3.65. The van der Waals surface area contributed by atoms with Gasteiger partial charge in [-0.3, -0.25) is 4.98 Å². The van der Waals surface area contributed by atoms with Gasteiger partial charge in [0.05, 0.1) is 22.9 Å². The standard InChI is InChI=1S/C17H20F3N3O4S/c1-4-27-16(24)13-11(8-9-17(18,19)20)23(3)15(22-13)14-12(7-6-10-21-14)28(25,26)5-2/h6-7,10H,4-5,8-9H2,1-3H3. The van der Waals surface area contributed by atoms with E-state index in [4.69, 9.17) is 4.74 Å². The molecule has 0 saturated heterocycles. The number of ether oxygens (including phenoxy) is 1. The van der Waals surface area contributed by atoms with E-state index in [2.05, 4.69) is 9.97 Å². The van der Waals surface area contributed by atoms with E-state index >= 15 is 0 Å². The van der Waals surface area contributed by atoms with Gasteiger partial charge in [-0.2, -0.15) is 13.2 Å². The Morgan fingerprint density at radius 3 is 2.54 bits per heavy atom. The molecule has 0 bridgehead atoms. The number of hydrogen-bond acceptors (Lipinski definition) is 6. The molecule has 28 heavy (non-hydrogen) atoms. The van der Waals surface area contributed by atoms with E-state index in [0.29, 0.717) is 0 Å². The summed E-state index contributed by atoms with van der Waals surface area (Å²) in [5, 5.41) is 0. The first-order valence-corrected chi connectivity index (χ1v) is 10.1. The van der Waals surface area contributed by atoms with Crippen molar-refractivity contribution in [2.24, 2.45) is 7.05 Å². The Hall–Kier alpha value is -2.43. The predicted molar refractivity (Wildman–Crippen MR) is 94.5 cm³/mol. The number of aromatic nitrogens is 3. The molecule has 0 radical (unpaired) electrons. The Morgan fingerprint density at radius 2 is 1.96 bits per heavy atom. The van der Waals surface area contributed by atoms with Gasteiger partial charge in [-0.1, -0.05) is 6.92 Å². The van der Waals surface area contributed by atoms with Gasteiger partial charge < -0.3 is 9.30 Å². The summed E-state index contributed by atoms with van der Waals surface area (Å²) in [6.07, 6.45) is -4.76. The van der Waals surface area contributed by atoms with E-state index < -0.39 is 34.8 Å². The molecule has 0 saturated carbocycles. The van der Waals surface area contributed by atoms with Crippen LogP contribution >= 0.6 is 0 Å². The highest BCUT2D eigenvalue weighted by Gasteiger charge is 2.31. The first-order chi connectivity index (χ1) is 13.0. The van der Waals surface area contributed by atoms with Crippen LogP contribution in [-0.4, -0.2) is 47.5 Å². The van der Waals surface area contributed by atoms with E-state index in [-0.39, 0.29) is 40.2 Å². The molecule has 0 unspecified atom stereocenters. The van der Waals surface area contributed by atoms with Crippen molar-refractivity contribution in [3.05, 3.63) is 29.7 Å². The van der Waals surface area contributed by atoms with Crippen LogP contribution in [0.3, 0.4) is 0 Å². The van der Waals surface area contributed by atoms with E-state index in [0.717, 1.165) is 0 Å². The number of nitrogens with zero attached hydrogens (tertiary/aromatic N) is 3. The Balaban J connectivity index is 2.66. The molecular weight excluding hydrogens is 399 g/mol. The molecule has 7 nitrogen and oxygen atoms in total. The average molecular weight is 419 g/mol. The van der Waals surface area contributed by atoms with Gasteiger partial charge >= 0.3 is 12.1 Å². The number of esters is 1. The number of pyridine rings is 1. The number of rotatable bonds is 7. The number of carbonyl (C=O) groups is 1. The lowest BCUT2D eigenvalue weighted by Crippen LogP contribution is -2.14. The number of carbonyl (C=O) groups excluding carboxylic acids is 1. The Kier molecular flexibility index (Phi) is 6.48. The maximum absolute atomic E-state index is 12.7. The SMILES string of the molecule is CCOC(=O)c1nc(-c2ncccc2S(=O)(=O)CC)n(C)c1CCC(F)(F)F. The molecule has 0 fully saturated rings. The minimum atomic E-state index is -4.43. The summed E-state index contributed by atoms with van der Waals surface area (Å²) in [4.78, 5) is 20.3. The van der Waals surface area contributed by atoms with Crippen molar-refractivity contribution in [2.45, 2.75) is 37.8 Å². The van der Waals surface area contributed by atoms with E-state index in [1.807, 2.05) is 0 Å². The van der Waals surface area contributed by atoms with Crippen molar-refractivity contribution in [1.29, 1.82) is 0 Å². The fourth-order valence-electron chi connectivity index (χ4n) is 2.62. The highest BCUT2D eigenvalue weighted by molar-refractivity contribution is 7.91. The molecule has 11 heteroatoms. The number of alkyl halides is 3. The van der Waals surface area contributed by atoms with Crippen LogP contribution in [-0.2, 0) is 28.0 Å². The molecule has 154 valence electrons. The third kappa shape index (κ3) is 4.70. The highest BCUT2D eigenvalue weighted by atomic mass is 32.2. The Labute approximate surface area is 160 Å². The minimum Gasteiger partial charge on any atom is -0.461 e. The normalized spacial score (nSPS) is 12.2. The van der Waals surface area contributed by atoms with Crippen molar-refractivity contribution in [1.82, 2.24) is 14.5 Å². The zero-order chi connectivity index (χ0) is 21.1. The summed E-state index contributed by atoms with van der Waals surface area (Å²) in [5.41, 5.74) is -0.318. The number of hydrogen-bond donors (Lipinski definition) is 0. The summed E-state index contributed by atoms with van der Waals surface area (Å²) in [7, 11) is -2.26. The van der Waals surface area contributed by atoms with Crippen LogP contribution in [0.5, 0.6) is 0 Å². The van der Waals surface area contributed by atoms with Gasteiger partial charge in [0.25, 0.3) is 0 Å². The topological polar surface area (TPSA) is 91.2 Å². The maximum atomic E-state index is 12.7. The highest BCUT2D eigenvalue weighted by Crippen LogP contribution is 2.29. The van der Waals surface area contributed by atoms with Gasteiger partial charge in [0.1, 0.15) is 5.69 Å². The second-order valence-corrected chi connectivity index (χ2v) is 8.13. The van der Waals surface area contributed by atoms with Crippen molar-refractivity contribution in [2.75, 3.05) is 12.4 Å². The molecule has 2 aromatic rings. The average Bonchev–Trinajstić information content (AvgIpc) is 2.96. The summed E-state index contributed by atoms with van der Waals surface area (Å²) in [5.74, 6) is -1.09. The van der Waals surface area contributed by atoms with E-state index in [1.54, 1.807) is 6.92 Å². The first-order valence-electron chi connectivity index (χ1n) is 8.49. The molecule has 0 aliphatic rings. The fraction of sp³-hybridized carbons (Fsp3) is 0.471. The van der Waals surface area contributed by atoms with Crippen LogP contribution in [0, 0.1) is 0 Å². The van der Waals surface area contributed by atoms with Crippen LogP contribution in [0.1, 0.15) is 36.5 Å². The zero-order valence-electron chi connectivity index (χ0n) is 15.6.